The fraction of sp³-hybridized carbons (Fsp3) is 0.524. The summed E-state index contributed by atoms with van der Waals surface area (Å²) in [5.41, 5.74) is 3.18. The molecule has 2 aliphatic heterocycles. The lowest BCUT2D eigenvalue weighted by atomic mass is 10.0. The molecule has 2 aromatic rings. The van der Waals surface area contributed by atoms with Crippen molar-refractivity contribution in [3.8, 4) is 5.88 Å². The Morgan fingerprint density at radius 2 is 2.14 bits per heavy atom. The number of hydrogen-bond acceptors (Lipinski definition) is 7. The molecule has 1 amide bonds. The lowest BCUT2D eigenvalue weighted by Gasteiger charge is -2.19. The molecule has 154 valence electrons. The maximum atomic E-state index is 12.7. The molecule has 0 saturated carbocycles. The van der Waals surface area contributed by atoms with Crippen molar-refractivity contribution in [2.45, 2.75) is 45.5 Å². The smallest absolute Gasteiger partial charge is 0.256 e. The summed E-state index contributed by atoms with van der Waals surface area (Å²) in [6.45, 7) is 6.41. The standard InChI is InChI=1S/C21H27N5O3/c1-13(2)26-11-18-17(21(26)28)7-15(20(24-18)29-3)10-25-9-14(19(27)12-25)6-16-8-22-4-5-23-16/h4-5,7-8,13-14,19,27H,6,9-12H2,1-3H3. The molecule has 2 unspecified atom stereocenters. The van der Waals surface area contributed by atoms with Gasteiger partial charge in [0.25, 0.3) is 5.91 Å². The minimum Gasteiger partial charge on any atom is -0.481 e. The van der Waals surface area contributed by atoms with Crippen molar-refractivity contribution in [1.29, 1.82) is 0 Å². The van der Waals surface area contributed by atoms with E-state index in [1.807, 2.05) is 24.8 Å². The largest absolute Gasteiger partial charge is 0.481 e. The van der Waals surface area contributed by atoms with Crippen molar-refractivity contribution in [2.75, 3.05) is 20.2 Å². The molecule has 2 atom stereocenters. The van der Waals surface area contributed by atoms with Gasteiger partial charge in [0.2, 0.25) is 5.88 Å². The summed E-state index contributed by atoms with van der Waals surface area (Å²) < 4.78 is 5.51. The van der Waals surface area contributed by atoms with Gasteiger partial charge in [0.1, 0.15) is 0 Å². The topological polar surface area (TPSA) is 91.7 Å². The van der Waals surface area contributed by atoms with Crippen molar-refractivity contribution in [2.24, 2.45) is 5.92 Å². The fourth-order valence-electron chi connectivity index (χ4n) is 4.19. The molecule has 8 nitrogen and oxygen atoms in total. The average molecular weight is 397 g/mol. The van der Waals surface area contributed by atoms with Crippen LogP contribution in [0.15, 0.2) is 24.7 Å². The normalized spacial score (nSPS) is 21.8. The monoisotopic (exact) mass is 397 g/mol. The highest BCUT2D eigenvalue weighted by Crippen LogP contribution is 2.30. The molecule has 0 bridgehead atoms. The number of fused-ring (bicyclic) bond motifs is 1. The Morgan fingerprint density at radius 1 is 1.31 bits per heavy atom. The molecule has 1 N–H and O–H groups in total. The van der Waals surface area contributed by atoms with E-state index in [0.717, 1.165) is 23.5 Å². The summed E-state index contributed by atoms with van der Waals surface area (Å²) >= 11 is 0. The van der Waals surface area contributed by atoms with E-state index in [4.69, 9.17) is 4.74 Å². The Balaban J connectivity index is 1.49. The van der Waals surface area contributed by atoms with Crippen LogP contribution in [0.3, 0.4) is 0 Å². The van der Waals surface area contributed by atoms with Gasteiger partial charge in [-0.1, -0.05) is 0 Å². The number of β-amino-alcohol motifs (C(OH)–C–C–N with tert-alkyl or cyclic N) is 1. The number of carbonyl (C=O) groups excluding carboxylic acids is 1. The van der Waals surface area contributed by atoms with E-state index >= 15 is 0 Å². The zero-order valence-electron chi connectivity index (χ0n) is 17.1. The van der Waals surface area contributed by atoms with Crippen LogP contribution in [0.5, 0.6) is 5.88 Å². The Bertz CT molecular complexity index is 889. The summed E-state index contributed by atoms with van der Waals surface area (Å²) in [5, 5.41) is 10.5. The van der Waals surface area contributed by atoms with Crippen LogP contribution in [0.2, 0.25) is 0 Å². The molecular weight excluding hydrogens is 370 g/mol. The van der Waals surface area contributed by atoms with Crippen LogP contribution in [-0.4, -0.2) is 68.1 Å². The van der Waals surface area contributed by atoms with Gasteiger partial charge < -0.3 is 14.7 Å². The third-order valence-electron chi connectivity index (χ3n) is 5.73. The first-order valence-corrected chi connectivity index (χ1v) is 9.99. The molecule has 8 heteroatoms. The Labute approximate surface area is 170 Å². The first-order chi connectivity index (χ1) is 14.0. The van der Waals surface area contributed by atoms with E-state index in [0.29, 0.717) is 37.5 Å². The molecule has 1 saturated heterocycles. The number of nitrogens with zero attached hydrogens (tertiary/aromatic N) is 5. The van der Waals surface area contributed by atoms with Crippen molar-refractivity contribution < 1.29 is 14.6 Å². The summed E-state index contributed by atoms with van der Waals surface area (Å²) in [5.74, 6) is 0.667. The maximum absolute atomic E-state index is 12.7. The van der Waals surface area contributed by atoms with Crippen LogP contribution in [0, 0.1) is 5.92 Å². The number of aromatic nitrogens is 3. The minimum atomic E-state index is -0.427. The number of likely N-dealkylation sites (tertiary alicyclic amines) is 1. The third-order valence-corrected chi connectivity index (χ3v) is 5.73. The first-order valence-electron chi connectivity index (χ1n) is 9.99. The first kappa shape index (κ1) is 19.7. The number of aliphatic hydroxyl groups excluding tert-OH is 1. The number of hydrogen-bond donors (Lipinski definition) is 1. The highest BCUT2D eigenvalue weighted by molar-refractivity contribution is 5.98. The van der Waals surface area contributed by atoms with E-state index in [-0.39, 0.29) is 17.9 Å². The predicted octanol–water partition coefficient (Wildman–Crippen LogP) is 1.28. The molecule has 4 rings (SSSR count). The molecular formula is C21H27N5O3. The summed E-state index contributed by atoms with van der Waals surface area (Å²) in [6, 6.07) is 2.04. The van der Waals surface area contributed by atoms with E-state index in [1.165, 1.54) is 0 Å². The van der Waals surface area contributed by atoms with Gasteiger partial charge in [0, 0.05) is 55.7 Å². The second-order valence-corrected chi connectivity index (χ2v) is 8.10. The van der Waals surface area contributed by atoms with E-state index in [1.54, 1.807) is 25.7 Å². The number of ether oxygens (including phenoxy) is 1. The molecule has 1 fully saturated rings. The maximum Gasteiger partial charge on any atom is 0.256 e. The SMILES string of the molecule is COc1nc2c(cc1CN1CC(O)C(Cc3cnccn3)C1)C(=O)N(C(C)C)C2. The van der Waals surface area contributed by atoms with Gasteiger partial charge in [0.15, 0.2) is 0 Å². The van der Waals surface area contributed by atoms with Gasteiger partial charge in [-0.05, 0) is 26.3 Å². The van der Waals surface area contributed by atoms with E-state index < -0.39 is 6.10 Å². The summed E-state index contributed by atoms with van der Waals surface area (Å²) in [4.78, 5) is 29.7. The molecule has 0 radical (unpaired) electrons. The minimum absolute atomic E-state index is 0.0217. The quantitative estimate of drug-likeness (QED) is 0.785. The van der Waals surface area contributed by atoms with Gasteiger partial charge in [-0.15, -0.1) is 0 Å². The predicted molar refractivity (Wildman–Crippen MR) is 106 cm³/mol. The van der Waals surface area contributed by atoms with E-state index in [9.17, 15) is 9.90 Å². The summed E-state index contributed by atoms with van der Waals surface area (Å²) in [6.07, 6.45) is 5.33. The van der Waals surface area contributed by atoms with Gasteiger partial charge >= 0.3 is 0 Å². The van der Waals surface area contributed by atoms with Crippen molar-refractivity contribution in [1.82, 2.24) is 24.8 Å². The molecule has 0 spiro atoms. The van der Waals surface area contributed by atoms with Crippen LogP contribution >= 0.6 is 0 Å². The lowest BCUT2D eigenvalue weighted by Crippen LogP contribution is -2.30. The highest BCUT2D eigenvalue weighted by atomic mass is 16.5. The Hall–Kier alpha value is -2.58. The number of pyridine rings is 1. The third kappa shape index (κ3) is 3.95. The molecule has 2 aromatic heterocycles. The van der Waals surface area contributed by atoms with Crippen LogP contribution < -0.4 is 4.74 Å². The van der Waals surface area contributed by atoms with Gasteiger partial charge in [0.05, 0.1) is 36.7 Å². The molecule has 0 aliphatic carbocycles. The fourth-order valence-corrected chi connectivity index (χ4v) is 4.19. The van der Waals surface area contributed by atoms with Crippen LogP contribution in [0.4, 0.5) is 0 Å². The van der Waals surface area contributed by atoms with Crippen molar-refractivity contribution >= 4 is 5.91 Å². The highest BCUT2D eigenvalue weighted by Gasteiger charge is 2.34. The average Bonchev–Trinajstić information content (AvgIpc) is 3.21. The number of aliphatic hydroxyl groups is 1. The van der Waals surface area contributed by atoms with E-state index in [2.05, 4.69) is 19.9 Å². The lowest BCUT2D eigenvalue weighted by molar-refractivity contribution is 0.0730. The summed E-state index contributed by atoms with van der Waals surface area (Å²) in [7, 11) is 1.60. The van der Waals surface area contributed by atoms with Crippen LogP contribution in [-0.2, 0) is 19.5 Å². The van der Waals surface area contributed by atoms with Gasteiger partial charge in [-0.25, -0.2) is 4.98 Å². The number of amides is 1. The zero-order chi connectivity index (χ0) is 20.5. The second kappa shape index (κ2) is 8.04. The number of carbonyl (C=O) groups is 1. The Morgan fingerprint density at radius 3 is 2.83 bits per heavy atom. The molecule has 0 aromatic carbocycles. The van der Waals surface area contributed by atoms with Crippen LogP contribution in [0.1, 0.15) is 41.2 Å². The van der Waals surface area contributed by atoms with Crippen LogP contribution in [0.25, 0.3) is 0 Å². The molecule has 2 aliphatic rings. The molecule has 4 heterocycles. The van der Waals surface area contributed by atoms with Crippen molar-refractivity contribution in [3.05, 3.63) is 47.2 Å². The Kier molecular flexibility index (Phi) is 5.47. The zero-order valence-corrected chi connectivity index (χ0v) is 17.1. The molecule has 29 heavy (non-hydrogen) atoms. The van der Waals surface area contributed by atoms with Crippen molar-refractivity contribution in [3.63, 3.8) is 0 Å². The number of rotatable bonds is 6. The van der Waals surface area contributed by atoms with Gasteiger partial charge in [-0.2, -0.15) is 0 Å². The van der Waals surface area contributed by atoms with Gasteiger partial charge in [-0.3, -0.25) is 19.7 Å². The second-order valence-electron chi connectivity index (χ2n) is 8.10. The number of methoxy groups -OCH3 is 1.